The molecule has 0 spiro atoms. The molecule has 0 bridgehead atoms. The number of benzene rings is 1. The van der Waals surface area contributed by atoms with E-state index in [1.54, 1.807) is 11.0 Å². The van der Waals surface area contributed by atoms with Gasteiger partial charge in [-0.05, 0) is 54.1 Å². The molecule has 0 radical (unpaired) electrons. The highest BCUT2D eigenvalue weighted by Crippen LogP contribution is 2.18. The van der Waals surface area contributed by atoms with Gasteiger partial charge in [0.2, 0.25) is 0 Å². The van der Waals surface area contributed by atoms with Crippen LogP contribution in [-0.2, 0) is 0 Å². The second-order valence-corrected chi connectivity index (χ2v) is 5.15. The highest BCUT2D eigenvalue weighted by Gasteiger charge is 2.17. The molecule has 1 aliphatic heterocycles. The normalized spacial score (nSPS) is 17.2. The van der Waals surface area contributed by atoms with Gasteiger partial charge in [0, 0.05) is 24.8 Å². The number of hydrogen-bond donors (Lipinski definition) is 1. The van der Waals surface area contributed by atoms with Crippen LogP contribution in [0.1, 0.15) is 19.8 Å². The van der Waals surface area contributed by atoms with Gasteiger partial charge in [0.15, 0.2) is 0 Å². The highest BCUT2D eigenvalue weighted by molar-refractivity contribution is 5.49. The Labute approximate surface area is 118 Å². The van der Waals surface area contributed by atoms with Crippen molar-refractivity contribution in [2.45, 2.75) is 25.8 Å². The van der Waals surface area contributed by atoms with Crippen LogP contribution in [0.4, 0.5) is 5.69 Å². The van der Waals surface area contributed by atoms with E-state index in [-0.39, 0.29) is 0 Å². The van der Waals surface area contributed by atoms with E-state index in [1.165, 1.54) is 25.9 Å². The Hall–Kier alpha value is -1.95. The molecule has 0 atom stereocenters. The Morgan fingerprint density at radius 1 is 1.20 bits per heavy atom. The average Bonchev–Trinajstić information content (AvgIpc) is 3.03. The monoisotopic (exact) mass is 272 g/mol. The molecule has 0 amide bonds. The molecule has 1 N–H and O–H groups in total. The molecule has 3 rings (SSSR count). The minimum Gasteiger partial charge on any atom is -0.382 e. The van der Waals surface area contributed by atoms with Crippen LogP contribution in [-0.4, -0.2) is 50.8 Å². The number of hydrogen-bond acceptors (Lipinski definition) is 5. The topological polar surface area (TPSA) is 58.9 Å². The minimum atomic E-state index is 0.580. The van der Waals surface area contributed by atoms with Gasteiger partial charge in [-0.2, -0.15) is 0 Å². The molecular formula is C14H20N6. The lowest BCUT2D eigenvalue weighted by Crippen LogP contribution is -2.38. The molecule has 20 heavy (non-hydrogen) atoms. The van der Waals surface area contributed by atoms with Crippen molar-refractivity contribution in [1.82, 2.24) is 25.1 Å². The van der Waals surface area contributed by atoms with Crippen LogP contribution >= 0.6 is 0 Å². The molecular weight excluding hydrogens is 252 g/mol. The Morgan fingerprint density at radius 2 is 1.95 bits per heavy atom. The summed E-state index contributed by atoms with van der Waals surface area (Å²) in [6.45, 7) is 5.77. The van der Waals surface area contributed by atoms with Crippen molar-refractivity contribution in [3.05, 3.63) is 30.6 Å². The first-order valence-electron chi connectivity index (χ1n) is 7.17. The molecule has 0 saturated carbocycles. The Balaban J connectivity index is 1.59. The first-order chi connectivity index (χ1) is 9.85. The van der Waals surface area contributed by atoms with Crippen LogP contribution in [0.25, 0.3) is 5.69 Å². The van der Waals surface area contributed by atoms with E-state index in [1.807, 2.05) is 12.1 Å². The third-order valence-electron chi connectivity index (χ3n) is 3.89. The van der Waals surface area contributed by atoms with E-state index in [4.69, 9.17) is 0 Å². The molecule has 1 saturated heterocycles. The standard InChI is InChI=1S/C14H20N6/c1-2-19-9-7-13(8-10-19)16-12-3-5-14(6-4-12)20-11-15-17-18-20/h3-6,11,13,16H,2,7-10H2,1H3. The lowest BCUT2D eigenvalue weighted by Gasteiger charge is -2.32. The second-order valence-electron chi connectivity index (χ2n) is 5.15. The maximum absolute atomic E-state index is 3.88. The summed E-state index contributed by atoms with van der Waals surface area (Å²) in [5.74, 6) is 0. The summed E-state index contributed by atoms with van der Waals surface area (Å²) in [6, 6.07) is 8.81. The lowest BCUT2D eigenvalue weighted by atomic mass is 10.0. The first-order valence-corrected chi connectivity index (χ1v) is 7.17. The smallest absolute Gasteiger partial charge is 0.143 e. The van der Waals surface area contributed by atoms with Crippen molar-refractivity contribution in [3.8, 4) is 5.69 Å². The fraction of sp³-hybridized carbons (Fsp3) is 0.500. The molecule has 6 nitrogen and oxygen atoms in total. The van der Waals surface area contributed by atoms with Gasteiger partial charge in [0.05, 0.1) is 5.69 Å². The van der Waals surface area contributed by atoms with E-state index in [0.29, 0.717) is 6.04 Å². The molecule has 1 fully saturated rings. The number of nitrogens with zero attached hydrogens (tertiary/aromatic N) is 5. The molecule has 2 aromatic rings. The van der Waals surface area contributed by atoms with Gasteiger partial charge in [-0.15, -0.1) is 5.10 Å². The predicted molar refractivity (Wildman–Crippen MR) is 77.9 cm³/mol. The van der Waals surface area contributed by atoms with Gasteiger partial charge in [-0.25, -0.2) is 4.68 Å². The number of piperidine rings is 1. The summed E-state index contributed by atoms with van der Waals surface area (Å²) in [6.07, 6.45) is 4.02. The summed E-state index contributed by atoms with van der Waals surface area (Å²) < 4.78 is 1.66. The van der Waals surface area contributed by atoms with E-state index < -0.39 is 0 Å². The molecule has 0 aliphatic carbocycles. The molecule has 1 aliphatic rings. The van der Waals surface area contributed by atoms with Crippen molar-refractivity contribution in [3.63, 3.8) is 0 Å². The fourth-order valence-electron chi connectivity index (χ4n) is 2.62. The third-order valence-corrected chi connectivity index (χ3v) is 3.89. The molecule has 1 aromatic heterocycles. The van der Waals surface area contributed by atoms with Gasteiger partial charge in [-0.3, -0.25) is 0 Å². The lowest BCUT2D eigenvalue weighted by molar-refractivity contribution is 0.229. The van der Waals surface area contributed by atoms with Crippen LogP contribution in [0.5, 0.6) is 0 Å². The van der Waals surface area contributed by atoms with Crippen LogP contribution in [0.2, 0.25) is 0 Å². The van der Waals surface area contributed by atoms with Crippen molar-refractivity contribution in [2.24, 2.45) is 0 Å². The molecule has 106 valence electrons. The van der Waals surface area contributed by atoms with Crippen LogP contribution < -0.4 is 5.32 Å². The largest absolute Gasteiger partial charge is 0.382 e. The molecule has 0 unspecified atom stereocenters. The number of aromatic nitrogens is 4. The number of likely N-dealkylation sites (tertiary alicyclic amines) is 1. The van der Waals surface area contributed by atoms with E-state index >= 15 is 0 Å². The quantitative estimate of drug-likeness (QED) is 0.915. The van der Waals surface area contributed by atoms with Crippen LogP contribution in [0.15, 0.2) is 30.6 Å². The van der Waals surface area contributed by atoms with E-state index in [2.05, 4.69) is 44.8 Å². The minimum absolute atomic E-state index is 0.580. The highest BCUT2D eigenvalue weighted by atomic mass is 15.5. The molecule has 6 heteroatoms. The Kier molecular flexibility index (Phi) is 3.92. The number of tetrazole rings is 1. The van der Waals surface area contributed by atoms with Crippen molar-refractivity contribution in [2.75, 3.05) is 25.0 Å². The molecule has 2 heterocycles. The van der Waals surface area contributed by atoms with E-state index in [9.17, 15) is 0 Å². The van der Waals surface area contributed by atoms with Gasteiger partial charge in [-0.1, -0.05) is 6.92 Å². The number of rotatable bonds is 4. The van der Waals surface area contributed by atoms with Crippen molar-refractivity contribution < 1.29 is 0 Å². The SMILES string of the molecule is CCN1CCC(Nc2ccc(-n3cnnn3)cc2)CC1. The second kappa shape index (κ2) is 6.00. The summed E-state index contributed by atoms with van der Waals surface area (Å²) in [5, 5.41) is 14.8. The summed E-state index contributed by atoms with van der Waals surface area (Å²) in [5.41, 5.74) is 2.14. The third kappa shape index (κ3) is 2.96. The van der Waals surface area contributed by atoms with Crippen molar-refractivity contribution >= 4 is 5.69 Å². The zero-order valence-electron chi connectivity index (χ0n) is 11.7. The van der Waals surface area contributed by atoms with E-state index in [0.717, 1.165) is 17.9 Å². The Morgan fingerprint density at radius 3 is 2.55 bits per heavy atom. The zero-order chi connectivity index (χ0) is 13.8. The maximum atomic E-state index is 3.88. The number of nitrogens with one attached hydrogen (secondary N) is 1. The Bertz CT molecular complexity index is 513. The van der Waals surface area contributed by atoms with Crippen LogP contribution in [0.3, 0.4) is 0 Å². The van der Waals surface area contributed by atoms with Gasteiger partial charge in [0.1, 0.15) is 6.33 Å². The average molecular weight is 272 g/mol. The van der Waals surface area contributed by atoms with Gasteiger partial charge >= 0.3 is 0 Å². The van der Waals surface area contributed by atoms with Gasteiger partial charge in [0.25, 0.3) is 0 Å². The first kappa shape index (κ1) is 13.1. The molecule has 1 aromatic carbocycles. The number of anilines is 1. The predicted octanol–water partition coefficient (Wildman–Crippen LogP) is 1.56. The van der Waals surface area contributed by atoms with Gasteiger partial charge < -0.3 is 10.2 Å². The summed E-state index contributed by atoms with van der Waals surface area (Å²) in [4.78, 5) is 2.50. The summed E-state index contributed by atoms with van der Waals surface area (Å²) in [7, 11) is 0. The zero-order valence-corrected chi connectivity index (χ0v) is 11.7. The van der Waals surface area contributed by atoms with Crippen molar-refractivity contribution in [1.29, 1.82) is 0 Å². The maximum Gasteiger partial charge on any atom is 0.143 e. The summed E-state index contributed by atoms with van der Waals surface area (Å²) >= 11 is 0. The van der Waals surface area contributed by atoms with Crippen LogP contribution in [0, 0.1) is 0 Å². The fourth-order valence-corrected chi connectivity index (χ4v) is 2.62.